The van der Waals surface area contributed by atoms with Crippen molar-refractivity contribution in [3.8, 4) is 0 Å². The van der Waals surface area contributed by atoms with Crippen LogP contribution in [-0.2, 0) is 11.9 Å². The second-order valence-corrected chi connectivity index (χ2v) is 6.73. The van der Waals surface area contributed by atoms with Gasteiger partial charge >= 0.3 is 0 Å². The van der Waals surface area contributed by atoms with Crippen molar-refractivity contribution in [1.29, 1.82) is 0 Å². The maximum absolute atomic E-state index is 3.53. The summed E-state index contributed by atoms with van der Waals surface area (Å²) < 4.78 is 1.19. The summed E-state index contributed by atoms with van der Waals surface area (Å²) in [4.78, 5) is 2.28. The highest BCUT2D eigenvalue weighted by Gasteiger charge is 2.07. The molecule has 0 saturated carbocycles. The Morgan fingerprint density at radius 2 is 2.06 bits per heavy atom. The van der Waals surface area contributed by atoms with Gasteiger partial charge in [-0.3, -0.25) is 0 Å². The lowest BCUT2D eigenvalue weighted by molar-refractivity contribution is 0.921. The molecule has 0 saturated heterocycles. The van der Waals surface area contributed by atoms with Gasteiger partial charge in [0, 0.05) is 24.6 Å². The summed E-state index contributed by atoms with van der Waals surface area (Å²) in [6.45, 7) is 0.937. The van der Waals surface area contributed by atoms with Crippen molar-refractivity contribution in [2.24, 2.45) is 0 Å². The average molecular weight is 375 g/mol. The van der Waals surface area contributed by atoms with Crippen molar-refractivity contribution >= 4 is 48.9 Å². The highest BCUT2D eigenvalue weighted by molar-refractivity contribution is 9.11. The van der Waals surface area contributed by atoms with E-state index in [4.69, 9.17) is 0 Å². The topological polar surface area (TPSA) is 3.24 Å². The number of halogens is 2. The number of benzene rings is 1. The number of nitrogens with zero attached hydrogens (tertiary/aromatic N) is 1. The Bertz CT molecular complexity index is 496. The van der Waals surface area contributed by atoms with Gasteiger partial charge in [-0.2, -0.15) is 0 Å². The molecule has 0 spiro atoms. The fourth-order valence-electron chi connectivity index (χ4n) is 1.78. The van der Waals surface area contributed by atoms with Crippen LogP contribution in [0.2, 0.25) is 0 Å². The third kappa shape index (κ3) is 3.33. The van der Waals surface area contributed by atoms with Gasteiger partial charge in [-0.15, -0.1) is 11.3 Å². The summed E-state index contributed by atoms with van der Waals surface area (Å²) in [7, 11) is 2.13. The molecule has 0 radical (unpaired) electrons. The predicted molar refractivity (Wildman–Crippen MR) is 83.2 cm³/mol. The van der Waals surface area contributed by atoms with Crippen LogP contribution in [0.15, 0.2) is 39.5 Å². The summed E-state index contributed by atoms with van der Waals surface area (Å²) in [5.41, 5.74) is 3.95. The first-order chi connectivity index (χ1) is 8.20. The first-order valence-corrected chi connectivity index (χ1v) is 8.08. The molecule has 0 N–H and O–H groups in total. The maximum atomic E-state index is 3.53. The molecule has 0 aliphatic heterocycles. The van der Waals surface area contributed by atoms with Gasteiger partial charge in [-0.1, -0.05) is 34.1 Å². The number of para-hydroxylation sites is 1. The van der Waals surface area contributed by atoms with E-state index in [2.05, 4.69) is 79.5 Å². The molecule has 0 aliphatic carbocycles. The first-order valence-electron chi connectivity index (χ1n) is 5.28. The van der Waals surface area contributed by atoms with Gasteiger partial charge in [0.1, 0.15) is 0 Å². The van der Waals surface area contributed by atoms with E-state index in [0.29, 0.717) is 0 Å². The molecule has 17 heavy (non-hydrogen) atoms. The standard InChI is InChI=1S/C13H13Br2NS/c1-16(8-10-6-13(15)17-9-10)12-5-3-2-4-11(12)7-14/h2-6,9H,7-8H2,1H3. The number of rotatable bonds is 4. The molecule has 0 amide bonds. The number of hydrogen-bond acceptors (Lipinski definition) is 2. The predicted octanol–water partition coefficient (Wildman–Crippen LogP) is 5.04. The van der Waals surface area contributed by atoms with Gasteiger partial charge in [0.05, 0.1) is 3.79 Å². The van der Waals surface area contributed by atoms with E-state index in [9.17, 15) is 0 Å². The van der Waals surface area contributed by atoms with Crippen molar-refractivity contribution in [1.82, 2.24) is 0 Å². The molecule has 0 unspecified atom stereocenters. The van der Waals surface area contributed by atoms with E-state index in [1.165, 1.54) is 20.6 Å². The second-order valence-electron chi connectivity index (χ2n) is 3.88. The fraction of sp³-hybridized carbons (Fsp3) is 0.231. The number of anilines is 1. The van der Waals surface area contributed by atoms with Gasteiger partial charge < -0.3 is 4.90 Å². The van der Waals surface area contributed by atoms with Crippen LogP contribution in [0.5, 0.6) is 0 Å². The highest BCUT2D eigenvalue weighted by Crippen LogP contribution is 2.26. The molecule has 0 aliphatic rings. The lowest BCUT2D eigenvalue weighted by Gasteiger charge is -2.21. The maximum Gasteiger partial charge on any atom is 0.0701 e. The van der Waals surface area contributed by atoms with Crippen molar-refractivity contribution in [3.63, 3.8) is 0 Å². The molecular weight excluding hydrogens is 362 g/mol. The minimum absolute atomic E-state index is 0.890. The van der Waals surface area contributed by atoms with Crippen LogP contribution in [0.1, 0.15) is 11.1 Å². The van der Waals surface area contributed by atoms with Gasteiger partial charge in [0.25, 0.3) is 0 Å². The van der Waals surface area contributed by atoms with E-state index >= 15 is 0 Å². The Morgan fingerprint density at radius 1 is 1.29 bits per heavy atom. The Hall–Kier alpha value is -0.320. The van der Waals surface area contributed by atoms with E-state index < -0.39 is 0 Å². The van der Waals surface area contributed by atoms with E-state index in [0.717, 1.165) is 11.9 Å². The summed E-state index contributed by atoms with van der Waals surface area (Å²) in [6.07, 6.45) is 0. The molecule has 1 aromatic carbocycles. The Labute approximate surface area is 123 Å². The van der Waals surface area contributed by atoms with Crippen LogP contribution in [-0.4, -0.2) is 7.05 Å². The zero-order chi connectivity index (χ0) is 12.3. The molecule has 0 atom stereocenters. The van der Waals surface area contributed by atoms with Crippen molar-refractivity contribution < 1.29 is 0 Å². The lowest BCUT2D eigenvalue weighted by Crippen LogP contribution is -2.17. The third-order valence-electron chi connectivity index (χ3n) is 2.59. The second kappa shape index (κ2) is 6.03. The zero-order valence-electron chi connectivity index (χ0n) is 9.49. The van der Waals surface area contributed by atoms with Crippen LogP contribution < -0.4 is 4.90 Å². The first kappa shape index (κ1) is 13.1. The van der Waals surface area contributed by atoms with Crippen LogP contribution >= 0.6 is 43.2 Å². The molecule has 0 bridgehead atoms. The smallest absolute Gasteiger partial charge is 0.0701 e. The molecule has 1 aromatic heterocycles. The molecule has 1 heterocycles. The third-order valence-corrected chi connectivity index (χ3v) is 4.75. The van der Waals surface area contributed by atoms with Gasteiger partial charge in [0.2, 0.25) is 0 Å². The minimum Gasteiger partial charge on any atom is -0.370 e. The Balaban J connectivity index is 2.16. The van der Waals surface area contributed by atoms with Crippen LogP contribution in [0.25, 0.3) is 0 Å². The van der Waals surface area contributed by atoms with Gasteiger partial charge in [-0.25, -0.2) is 0 Å². The molecule has 1 nitrogen and oxygen atoms in total. The molecule has 2 aromatic rings. The fourth-order valence-corrected chi connectivity index (χ4v) is 3.46. The van der Waals surface area contributed by atoms with Gasteiger partial charge in [0.15, 0.2) is 0 Å². The minimum atomic E-state index is 0.890. The number of alkyl halides is 1. The summed E-state index contributed by atoms with van der Waals surface area (Å²) in [5.74, 6) is 0. The summed E-state index contributed by atoms with van der Waals surface area (Å²) in [6, 6.07) is 10.7. The SMILES string of the molecule is CN(Cc1csc(Br)c1)c1ccccc1CBr. The lowest BCUT2D eigenvalue weighted by atomic mass is 10.2. The Kier molecular flexibility index (Phi) is 4.65. The van der Waals surface area contributed by atoms with Gasteiger partial charge in [-0.05, 0) is 44.6 Å². The van der Waals surface area contributed by atoms with Crippen LogP contribution in [0.4, 0.5) is 5.69 Å². The highest BCUT2D eigenvalue weighted by atomic mass is 79.9. The monoisotopic (exact) mass is 373 g/mol. The van der Waals surface area contributed by atoms with E-state index in [-0.39, 0.29) is 0 Å². The largest absolute Gasteiger partial charge is 0.370 e. The summed E-state index contributed by atoms with van der Waals surface area (Å²) in [5, 5.41) is 3.08. The average Bonchev–Trinajstić information content (AvgIpc) is 2.74. The molecule has 0 fully saturated rings. The van der Waals surface area contributed by atoms with Crippen molar-refractivity contribution in [2.45, 2.75) is 11.9 Å². The molecule has 90 valence electrons. The van der Waals surface area contributed by atoms with E-state index in [1.807, 2.05) is 0 Å². The molecular formula is C13H13Br2NS. The summed E-state index contributed by atoms with van der Waals surface area (Å²) >= 11 is 8.77. The number of thiophene rings is 1. The van der Waals surface area contributed by atoms with Crippen LogP contribution in [0.3, 0.4) is 0 Å². The van der Waals surface area contributed by atoms with Crippen LogP contribution in [0, 0.1) is 0 Å². The zero-order valence-corrected chi connectivity index (χ0v) is 13.5. The molecule has 4 heteroatoms. The van der Waals surface area contributed by atoms with Crippen molar-refractivity contribution in [2.75, 3.05) is 11.9 Å². The normalized spacial score (nSPS) is 10.5. The Morgan fingerprint density at radius 3 is 2.71 bits per heavy atom. The quantitative estimate of drug-likeness (QED) is 0.677. The molecule has 2 rings (SSSR count). The van der Waals surface area contributed by atoms with Crippen molar-refractivity contribution in [3.05, 3.63) is 50.6 Å². The number of hydrogen-bond donors (Lipinski definition) is 0. The van der Waals surface area contributed by atoms with E-state index in [1.54, 1.807) is 11.3 Å².